The van der Waals surface area contributed by atoms with Crippen molar-refractivity contribution >= 4 is 11.6 Å². The summed E-state index contributed by atoms with van der Waals surface area (Å²) >= 11 is 0. The maximum atomic E-state index is 16.9. The fourth-order valence-electron chi connectivity index (χ4n) is 9.59. The van der Waals surface area contributed by atoms with Crippen LogP contribution in [0.4, 0.5) is 4.39 Å². The Hall–Kier alpha value is -4.81. The van der Waals surface area contributed by atoms with E-state index >= 15 is 4.39 Å². The van der Waals surface area contributed by atoms with Crippen LogP contribution in [0, 0.1) is 51.2 Å². The minimum absolute atomic E-state index is 0.0676. The monoisotopic (exact) mass is 677 g/mol. The molecule has 10 nitrogen and oxygen atoms in total. The number of alkyl halides is 1. The van der Waals surface area contributed by atoms with Crippen molar-refractivity contribution in [2.45, 2.75) is 69.9 Å². The summed E-state index contributed by atoms with van der Waals surface area (Å²) in [5.41, 5.74) is -1.96. The summed E-state index contributed by atoms with van der Waals surface area (Å²) < 4.78 is 18.6. The van der Waals surface area contributed by atoms with Gasteiger partial charge in [-0.2, -0.15) is 15.6 Å². The lowest BCUT2D eigenvalue weighted by Gasteiger charge is -2.62. The van der Waals surface area contributed by atoms with E-state index in [1.165, 1.54) is 18.5 Å². The summed E-state index contributed by atoms with van der Waals surface area (Å²) in [4.78, 5) is 28.4. The Morgan fingerprint density at radius 1 is 1.06 bits per heavy atom. The predicted octanol–water partition coefficient (Wildman–Crippen LogP) is 4.55. The molecule has 0 aliphatic heterocycles. The second kappa shape index (κ2) is 12.8. The van der Waals surface area contributed by atoms with E-state index in [0.717, 1.165) is 11.1 Å². The van der Waals surface area contributed by atoms with Crippen molar-refractivity contribution in [1.82, 2.24) is 14.8 Å². The molecule has 7 rings (SSSR count). The first kappa shape index (κ1) is 35.0. The Labute approximate surface area is 290 Å². The van der Waals surface area contributed by atoms with Gasteiger partial charge in [-0.05, 0) is 92.0 Å². The van der Waals surface area contributed by atoms with Crippen LogP contribution in [0.2, 0.25) is 0 Å². The number of nitriles is 2. The van der Waals surface area contributed by atoms with E-state index in [9.17, 15) is 24.9 Å². The van der Waals surface area contributed by atoms with Crippen molar-refractivity contribution in [1.29, 1.82) is 10.5 Å². The first-order valence-corrected chi connectivity index (χ1v) is 16.8. The predicted molar refractivity (Wildman–Crippen MR) is 180 cm³/mol. The van der Waals surface area contributed by atoms with E-state index in [1.54, 1.807) is 62.1 Å². The molecule has 3 saturated carbocycles. The first-order valence-electron chi connectivity index (χ1n) is 16.8. The average molecular weight is 678 g/mol. The highest BCUT2D eigenvalue weighted by atomic mass is 19.1. The minimum Gasteiger partial charge on any atom is -0.390 e. The lowest BCUT2D eigenvalue weighted by Crippen LogP contribution is -2.69. The SMILES string of the molecule is C[C@@H]1C[C@H]2[C@@H]3CCC4=CC(=O)C=C[C@]4(C)[C@@]3(F)[C@@H](O)C[C@]2(C)[C@@]1(O)C(=O)CO.N#Cc1ccc(C(c2ccc(C#N)cc2)n2cncn2)cc1. The quantitative estimate of drug-likeness (QED) is 0.350. The number of rotatable bonds is 5. The highest BCUT2D eigenvalue weighted by Gasteiger charge is 2.75. The maximum absolute atomic E-state index is 16.9. The summed E-state index contributed by atoms with van der Waals surface area (Å²) in [6, 6.07) is 18.8. The molecule has 4 aliphatic carbocycles. The molecule has 2 aromatic carbocycles. The van der Waals surface area contributed by atoms with E-state index in [4.69, 9.17) is 10.5 Å². The second-order valence-electron chi connectivity index (χ2n) is 14.5. The molecule has 3 fully saturated rings. The third-order valence-electron chi connectivity index (χ3n) is 12.2. The van der Waals surface area contributed by atoms with Crippen LogP contribution in [-0.4, -0.2) is 65.6 Å². The number of aliphatic hydroxyl groups excluding tert-OH is 2. The topological polar surface area (TPSA) is 173 Å². The van der Waals surface area contributed by atoms with E-state index in [2.05, 4.69) is 22.2 Å². The smallest absolute Gasteiger partial charge is 0.190 e. The van der Waals surface area contributed by atoms with E-state index in [-0.39, 0.29) is 24.2 Å². The molecule has 1 aromatic heterocycles. The number of allylic oxidation sites excluding steroid dienone is 4. The van der Waals surface area contributed by atoms with Crippen LogP contribution in [0.1, 0.15) is 74.8 Å². The maximum Gasteiger partial charge on any atom is 0.190 e. The molecule has 0 amide bonds. The van der Waals surface area contributed by atoms with Gasteiger partial charge in [0.25, 0.3) is 0 Å². The first-order chi connectivity index (χ1) is 23.8. The number of hydrogen-bond acceptors (Lipinski definition) is 9. The van der Waals surface area contributed by atoms with Crippen LogP contribution in [0.5, 0.6) is 0 Å². The zero-order valence-electron chi connectivity index (χ0n) is 28.2. The van der Waals surface area contributed by atoms with Gasteiger partial charge in [0, 0.05) is 16.7 Å². The number of carbonyl (C=O) groups is 2. The van der Waals surface area contributed by atoms with Gasteiger partial charge in [-0.25, -0.2) is 14.1 Å². The number of hydrogen-bond donors (Lipinski definition) is 3. The number of ketones is 2. The van der Waals surface area contributed by atoms with Gasteiger partial charge in [0.15, 0.2) is 17.2 Å². The van der Waals surface area contributed by atoms with Gasteiger partial charge in [-0.3, -0.25) is 9.59 Å². The van der Waals surface area contributed by atoms with Crippen molar-refractivity contribution in [3.05, 3.63) is 107 Å². The summed E-state index contributed by atoms with van der Waals surface area (Å²) in [7, 11) is 0. The zero-order chi connectivity index (χ0) is 36.1. The minimum atomic E-state index is -1.98. The molecule has 0 bridgehead atoms. The standard InChI is InChI=1S/C22H29FO5.C17H11N5/c1-12-8-16-15-5-4-13-9-14(25)6-7-19(13,2)21(15,23)17(26)10-20(16,3)22(12,28)18(27)11-24;18-9-13-1-5-15(6-2-13)17(22-12-20-11-21-22)16-7-3-14(10-19)4-8-16/h6-7,9,12,15-17,24,26,28H,4-5,8,10-11H2,1-3H3;1-8,11-12,17H/t12-,15+,16+,17+,19+,20+,21+,22+;/m1./s1. The van der Waals surface area contributed by atoms with Gasteiger partial charge in [-0.1, -0.05) is 49.8 Å². The fraction of sp³-hybridized carbons (Fsp3) is 0.436. The van der Waals surface area contributed by atoms with Crippen molar-refractivity contribution in [2.24, 2.45) is 28.6 Å². The van der Waals surface area contributed by atoms with E-state index < -0.39 is 52.4 Å². The van der Waals surface area contributed by atoms with Crippen molar-refractivity contribution in [3.63, 3.8) is 0 Å². The van der Waals surface area contributed by atoms with Gasteiger partial charge < -0.3 is 15.3 Å². The molecule has 258 valence electrons. The Morgan fingerprint density at radius 2 is 1.66 bits per heavy atom. The molecule has 3 N–H and O–H groups in total. The molecule has 0 unspecified atom stereocenters. The molecule has 0 radical (unpaired) electrons. The number of fused-ring (bicyclic) bond motifs is 5. The van der Waals surface area contributed by atoms with Crippen LogP contribution < -0.4 is 0 Å². The third kappa shape index (κ3) is 5.15. The van der Waals surface area contributed by atoms with E-state index in [1.807, 2.05) is 24.3 Å². The number of halogens is 1. The summed E-state index contributed by atoms with van der Waals surface area (Å²) in [6.45, 7) is 4.48. The molecule has 1 heterocycles. The lowest BCUT2D eigenvalue weighted by atomic mass is 9.44. The summed E-state index contributed by atoms with van der Waals surface area (Å²) in [5.74, 6) is -2.12. The van der Waals surface area contributed by atoms with Gasteiger partial charge in [0.05, 0.1) is 29.4 Å². The highest BCUT2D eigenvalue weighted by Crippen LogP contribution is 2.70. The Kier molecular flexibility index (Phi) is 8.98. The third-order valence-corrected chi connectivity index (χ3v) is 12.2. The number of carbonyl (C=O) groups excluding carboxylic acids is 2. The number of Topliss-reactive ketones (excluding diaryl/α,β-unsaturated/α-hetero) is 1. The Balaban J connectivity index is 0.000000178. The summed E-state index contributed by atoms with van der Waals surface area (Å²) in [5, 5.41) is 54.0. The molecule has 11 heteroatoms. The van der Waals surface area contributed by atoms with Crippen LogP contribution >= 0.6 is 0 Å². The molecule has 0 saturated heterocycles. The molecular formula is C39H40FN5O5. The molecule has 4 aliphatic rings. The average Bonchev–Trinajstić information content (AvgIpc) is 3.72. The van der Waals surface area contributed by atoms with Crippen molar-refractivity contribution < 1.29 is 29.3 Å². The second-order valence-corrected chi connectivity index (χ2v) is 14.5. The van der Waals surface area contributed by atoms with Gasteiger partial charge >= 0.3 is 0 Å². The number of aromatic nitrogens is 3. The van der Waals surface area contributed by atoms with Crippen LogP contribution in [0.15, 0.2) is 85.0 Å². The van der Waals surface area contributed by atoms with Gasteiger partial charge in [-0.15, -0.1) is 0 Å². The molecule has 3 aromatic rings. The number of aliphatic hydroxyl groups is 3. The van der Waals surface area contributed by atoms with Crippen molar-refractivity contribution in [3.8, 4) is 12.1 Å². The lowest BCUT2D eigenvalue weighted by molar-refractivity contribution is -0.219. The Bertz CT molecular complexity index is 1870. The van der Waals surface area contributed by atoms with E-state index in [0.29, 0.717) is 36.0 Å². The highest BCUT2D eigenvalue weighted by molar-refractivity contribution is 6.01. The van der Waals surface area contributed by atoms with Crippen LogP contribution in [0.3, 0.4) is 0 Å². The van der Waals surface area contributed by atoms with Crippen LogP contribution in [0.25, 0.3) is 0 Å². The molecule has 50 heavy (non-hydrogen) atoms. The fourth-order valence-corrected chi connectivity index (χ4v) is 9.59. The Morgan fingerprint density at radius 3 is 2.18 bits per heavy atom. The molecular weight excluding hydrogens is 637 g/mol. The van der Waals surface area contributed by atoms with Crippen molar-refractivity contribution in [2.75, 3.05) is 6.61 Å². The molecule has 0 spiro atoms. The van der Waals surface area contributed by atoms with Gasteiger partial charge in [0.1, 0.15) is 30.9 Å². The zero-order valence-corrected chi connectivity index (χ0v) is 28.2. The number of benzene rings is 2. The van der Waals surface area contributed by atoms with Gasteiger partial charge in [0.2, 0.25) is 0 Å². The number of nitrogens with zero attached hydrogens (tertiary/aromatic N) is 5. The largest absolute Gasteiger partial charge is 0.390 e. The summed E-state index contributed by atoms with van der Waals surface area (Å²) in [6.07, 6.45) is 7.58. The van der Waals surface area contributed by atoms with Crippen LogP contribution in [-0.2, 0) is 9.59 Å². The normalized spacial score (nSPS) is 33.9. The molecule has 8 atom stereocenters.